The van der Waals surface area contributed by atoms with Crippen LogP contribution >= 0.6 is 0 Å². The molecule has 0 bridgehead atoms. The molecular weight excluding hydrogens is 294 g/mol. The Morgan fingerprint density at radius 1 is 1.48 bits per heavy atom. The number of esters is 1. The Bertz CT molecular complexity index is 729. The van der Waals surface area contributed by atoms with Gasteiger partial charge in [0.2, 0.25) is 0 Å². The molecule has 1 aromatic carbocycles. The van der Waals surface area contributed by atoms with E-state index in [1.807, 2.05) is 6.07 Å². The number of rotatable bonds is 4. The van der Waals surface area contributed by atoms with Gasteiger partial charge in [0.1, 0.15) is 11.6 Å². The van der Waals surface area contributed by atoms with Crippen LogP contribution in [0.5, 0.6) is 5.75 Å². The van der Waals surface area contributed by atoms with E-state index >= 15 is 0 Å². The van der Waals surface area contributed by atoms with E-state index in [-0.39, 0.29) is 18.0 Å². The molecule has 0 fully saturated rings. The van der Waals surface area contributed by atoms with Crippen molar-refractivity contribution in [1.29, 1.82) is 5.26 Å². The van der Waals surface area contributed by atoms with Crippen LogP contribution in [0.1, 0.15) is 25.3 Å². The zero-order valence-electron chi connectivity index (χ0n) is 13.3. The van der Waals surface area contributed by atoms with Gasteiger partial charge in [0.15, 0.2) is 0 Å². The first kappa shape index (κ1) is 16.4. The van der Waals surface area contributed by atoms with Crippen LogP contribution in [0.25, 0.3) is 0 Å². The minimum absolute atomic E-state index is 0.242. The quantitative estimate of drug-likeness (QED) is 0.824. The SMILES string of the molecule is CCOC(=O)C1=C(C)NC(N)=C(C#N)C1c1cccc(OC)c1. The number of ether oxygens (including phenoxy) is 2. The summed E-state index contributed by atoms with van der Waals surface area (Å²) in [7, 11) is 1.56. The maximum atomic E-state index is 12.4. The van der Waals surface area contributed by atoms with Crippen molar-refractivity contribution in [2.75, 3.05) is 13.7 Å². The number of nitriles is 1. The first-order valence-electron chi connectivity index (χ1n) is 7.22. The highest BCUT2D eigenvalue weighted by atomic mass is 16.5. The van der Waals surface area contributed by atoms with E-state index in [1.54, 1.807) is 39.2 Å². The number of allylic oxidation sites excluding steroid dienone is 2. The molecule has 0 aromatic heterocycles. The number of dihydropyridines is 1. The zero-order chi connectivity index (χ0) is 17.0. The number of nitrogens with zero attached hydrogens (tertiary/aromatic N) is 1. The van der Waals surface area contributed by atoms with E-state index in [4.69, 9.17) is 15.2 Å². The molecular formula is C17H19N3O3. The van der Waals surface area contributed by atoms with Gasteiger partial charge in [0, 0.05) is 5.70 Å². The molecule has 23 heavy (non-hydrogen) atoms. The Kier molecular flexibility index (Phi) is 4.91. The van der Waals surface area contributed by atoms with Gasteiger partial charge in [0.25, 0.3) is 0 Å². The molecule has 3 N–H and O–H groups in total. The topological polar surface area (TPSA) is 97.4 Å². The molecule has 120 valence electrons. The van der Waals surface area contributed by atoms with Crippen molar-refractivity contribution in [3.63, 3.8) is 0 Å². The third-order valence-electron chi connectivity index (χ3n) is 3.64. The second-order valence-electron chi connectivity index (χ2n) is 5.03. The Hall–Kier alpha value is -2.94. The molecule has 1 aliphatic rings. The molecule has 1 aliphatic heterocycles. The lowest BCUT2D eigenvalue weighted by molar-refractivity contribution is -0.138. The van der Waals surface area contributed by atoms with Gasteiger partial charge in [0.05, 0.1) is 36.9 Å². The van der Waals surface area contributed by atoms with Crippen molar-refractivity contribution in [2.45, 2.75) is 19.8 Å². The summed E-state index contributed by atoms with van der Waals surface area (Å²) in [5.74, 6) is -0.176. The van der Waals surface area contributed by atoms with E-state index in [9.17, 15) is 10.1 Å². The van der Waals surface area contributed by atoms with E-state index in [1.165, 1.54) is 0 Å². The number of carbonyl (C=O) groups excluding carboxylic acids is 1. The van der Waals surface area contributed by atoms with Gasteiger partial charge < -0.3 is 20.5 Å². The Labute approximate surface area is 135 Å². The number of hydrogen-bond acceptors (Lipinski definition) is 6. The molecule has 0 saturated heterocycles. The molecule has 0 radical (unpaired) electrons. The van der Waals surface area contributed by atoms with Gasteiger partial charge in [-0.3, -0.25) is 0 Å². The third-order valence-corrected chi connectivity index (χ3v) is 3.64. The molecule has 0 aliphatic carbocycles. The van der Waals surface area contributed by atoms with Crippen LogP contribution in [0.3, 0.4) is 0 Å². The highest BCUT2D eigenvalue weighted by molar-refractivity contribution is 5.93. The molecule has 1 unspecified atom stereocenters. The van der Waals surface area contributed by atoms with Gasteiger partial charge in [-0.25, -0.2) is 4.79 Å². The summed E-state index contributed by atoms with van der Waals surface area (Å²) < 4.78 is 10.4. The monoisotopic (exact) mass is 313 g/mol. The molecule has 1 heterocycles. The van der Waals surface area contributed by atoms with Gasteiger partial charge in [-0.1, -0.05) is 12.1 Å². The van der Waals surface area contributed by atoms with Crippen molar-refractivity contribution in [2.24, 2.45) is 5.73 Å². The van der Waals surface area contributed by atoms with E-state index in [0.29, 0.717) is 17.0 Å². The Morgan fingerprint density at radius 3 is 2.83 bits per heavy atom. The van der Waals surface area contributed by atoms with Crippen LogP contribution in [-0.2, 0) is 9.53 Å². The summed E-state index contributed by atoms with van der Waals surface area (Å²) in [5, 5.41) is 12.4. The van der Waals surface area contributed by atoms with Crippen molar-refractivity contribution in [3.8, 4) is 11.8 Å². The Morgan fingerprint density at radius 2 is 2.22 bits per heavy atom. The average Bonchev–Trinajstić information content (AvgIpc) is 2.54. The smallest absolute Gasteiger partial charge is 0.336 e. The van der Waals surface area contributed by atoms with Crippen LogP contribution < -0.4 is 15.8 Å². The summed E-state index contributed by atoms with van der Waals surface area (Å²) in [6.45, 7) is 3.72. The standard InChI is InChI=1S/C17H19N3O3/c1-4-23-17(21)14-10(2)20-16(19)13(9-18)15(14)11-6-5-7-12(8-11)22-3/h5-8,15,20H,4,19H2,1-3H3. The summed E-state index contributed by atoms with van der Waals surface area (Å²) in [6.07, 6.45) is 0. The lowest BCUT2D eigenvalue weighted by Crippen LogP contribution is -2.32. The highest BCUT2D eigenvalue weighted by Crippen LogP contribution is 2.38. The lowest BCUT2D eigenvalue weighted by Gasteiger charge is -2.28. The van der Waals surface area contributed by atoms with Gasteiger partial charge in [-0.05, 0) is 31.5 Å². The maximum absolute atomic E-state index is 12.4. The minimum atomic E-state index is -0.588. The maximum Gasteiger partial charge on any atom is 0.336 e. The highest BCUT2D eigenvalue weighted by Gasteiger charge is 2.34. The molecule has 1 aromatic rings. The van der Waals surface area contributed by atoms with Crippen LogP contribution in [0.4, 0.5) is 0 Å². The van der Waals surface area contributed by atoms with E-state index in [2.05, 4.69) is 11.4 Å². The fraction of sp³-hybridized carbons (Fsp3) is 0.294. The van der Waals surface area contributed by atoms with Crippen LogP contribution in [0.15, 0.2) is 46.9 Å². The number of benzene rings is 1. The minimum Gasteiger partial charge on any atom is -0.497 e. The van der Waals surface area contributed by atoms with Crippen LogP contribution in [0, 0.1) is 11.3 Å². The van der Waals surface area contributed by atoms with E-state index < -0.39 is 11.9 Å². The second-order valence-corrected chi connectivity index (χ2v) is 5.03. The molecule has 6 nitrogen and oxygen atoms in total. The predicted octanol–water partition coefficient (Wildman–Crippen LogP) is 1.91. The van der Waals surface area contributed by atoms with Crippen LogP contribution in [0.2, 0.25) is 0 Å². The van der Waals surface area contributed by atoms with Gasteiger partial charge in [-0.15, -0.1) is 0 Å². The number of nitrogens with one attached hydrogen (secondary N) is 1. The Balaban J connectivity index is 2.61. The van der Waals surface area contributed by atoms with E-state index in [0.717, 1.165) is 5.56 Å². The molecule has 2 rings (SSSR count). The summed E-state index contributed by atoms with van der Waals surface area (Å²) >= 11 is 0. The van der Waals surface area contributed by atoms with Crippen molar-refractivity contribution in [3.05, 3.63) is 52.5 Å². The zero-order valence-corrected chi connectivity index (χ0v) is 13.3. The van der Waals surface area contributed by atoms with Gasteiger partial charge >= 0.3 is 5.97 Å². The second kappa shape index (κ2) is 6.88. The lowest BCUT2D eigenvalue weighted by atomic mass is 9.82. The normalized spacial score (nSPS) is 17.4. The first-order valence-corrected chi connectivity index (χ1v) is 7.22. The van der Waals surface area contributed by atoms with Crippen molar-refractivity contribution in [1.82, 2.24) is 5.32 Å². The van der Waals surface area contributed by atoms with Crippen LogP contribution in [-0.4, -0.2) is 19.7 Å². The molecule has 1 atom stereocenters. The number of nitrogens with two attached hydrogens (primary N) is 1. The summed E-state index contributed by atoms with van der Waals surface area (Å²) in [5.41, 5.74) is 7.93. The fourth-order valence-corrected chi connectivity index (χ4v) is 2.61. The van der Waals surface area contributed by atoms with Gasteiger partial charge in [-0.2, -0.15) is 5.26 Å². The van der Waals surface area contributed by atoms with Crippen molar-refractivity contribution >= 4 is 5.97 Å². The summed E-state index contributed by atoms with van der Waals surface area (Å²) in [4.78, 5) is 12.4. The molecule has 0 amide bonds. The largest absolute Gasteiger partial charge is 0.497 e. The summed E-state index contributed by atoms with van der Waals surface area (Å²) in [6, 6.07) is 9.31. The number of hydrogen-bond donors (Lipinski definition) is 2. The first-order chi connectivity index (χ1) is 11.0. The molecule has 0 saturated carbocycles. The van der Waals surface area contributed by atoms with Crippen molar-refractivity contribution < 1.29 is 14.3 Å². The average molecular weight is 313 g/mol. The predicted molar refractivity (Wildman–Crippen MR) is 85.0 cm³/mol. The molecule has 6 heteroatoms. The molecule has 0 spiro atoms. The third kappa shape index (κ3) is 3.14. The number of carbonyl (C=O) groups is 1. The number of methoxy groups -OCH3 is 1. The fourth-order valence-electron chi connectivity index (χ4n) is 2.61.